The van der Waals surface area contributed by atoms with Crippen LogP contribution >= 0.6 is 0 Å². The van der Waals surface area contributed by atoms with E-state index in [-0.39, 0.29) is 0 Å². The lowest BCUT2D eigenvalue weighted by atomic mass is 9.98. The van der Waals surface area contributed by atoms with Crippen molar-refractivity contribution in [3.63, 3.8) is 0 Å². The summed E-state index contributed by atoms with van der Waals surface area (Å²) in [5, 5.41) is 9.26. The van der Waals surface area contributed by atoms with Crippen LogP contribution in [0.2, 0.25) is 0 Å². The highest BCUT2D eigenvalue weighted by molar-refractivity contribution is 5.95. The van der Waals surface area contributed by atoms with Crippen LogP contribution in [-0.2, 0) is 6.54 Å². The quantitative estimate of drug-likeness (QED) is 0.874. The molecular formula is C18H21NO2. The fourth-order valence-electron chi connectivity index (χ4n) is 2.42. The molecule has 0 radical (unpaired) electrons. The highest BCUT2D eigenvalue weighted by atomic mass is 16.4. The summed E-state index contributed by atoms with van der Waals surface area (Å²) >= 11 is 0. The average Bonchev–Trinajstić information content (AvgIpc) is 2.53. The van der Waals surface area contributed by atoms with Gasteiger partial charge in [0.05, 0.1) is 5.56 Å². The average molecular weight is 283 g/mol. The lowest BCUT2D eigenvalue weighted by Crippen LogP contribution is -2.21. The first-order chi connectivity index (χ1) is 10.2. The van der Waals surface area contributed by atoms with E-state index in [0.717, 1.165) is 30.8 Å². The summed E-state index contributed by atoms with van der Waals surface area (Å²) in [5.41, 5.74) is 3.29. The van der Waals surface area contributed by atoms with E-state index < -0.39 is 5.97 Å². The lowest BCUT2D eigenvalue weighted by molar-refractivity contribution is 0.0697. The Bertz CT molecular complexity index is 601. The van der Waals surface area contributed by atoms with Crippen LogP contribution < -0.4 is 0 Å². The van der Waals surface area contributed by atoms with Gasteiger partial charge in [0.1, 0.15) is 0 Å². The molecule has 0 fully saturated rings. The molecule has 3 heteroatoms. The summed E-state index contributed by atoms with van der Waals surface area (Å²) in [6.07, 6.45) is 0. The molecule has 0 atom stereocenters. The van der Waals surface area contributed by atoms with Crippen molar-refractivity contribution in [3.8, 4) is 11.1 Å². The van der Waals surface area contributed by atoms with E-state index in [4.69, 9.17) is 0 Å². The molecule has 0 bridgehead atoms. The molecule has 0 saturated carbocycles. The highest BCUT2D eigenvalue weighted by Gasteiger charge is 2.10. The van der Waals surface area contributed by atoms with E-state index in [1.165, 1.54) is 5.56 Å². The molecule has 0 unspecified atom stereocenters. The third-order valence-electron chi connectivity index (χ3n) is 3.72. The van der Waals surface area contributed by atoms with E-state index in [9.17, 15) is 9.90 Å². The SMILES string of the molecule is CCN(CC)Cc1ccc(-c2ccccc2C(=O)O)cc1. The van der Waals surface area contributed by atoms with E-state index in [0.29, 0.717) is 5.56 Å². The maximum Gasteiger partial charge on any atom is 0.336 e. The topological polar surface area (TPSA) is 40.5 Å². The molecule has 0 aromatic heterocycles. The number of hydrogen-bond donors (Lipinski definition) is 1. The predicted octanol–water partition coefficient (Wildman–Crippen LogP) is 3.89. The zero-order valence-electron chi connectivity index (χ0n) is 12.5. The van der Waals surface area contributed by atoms with Crippen LogP contribution in [-0.4, -0.2) is 29.1 Å². The van der Waals surface area contributed by atoms with Crippen molar-refractivity contribution in [2.75, 3.05) is 13.1 Å². The largest absolute Gasteiger partial charge is 0.478 e. The van der Waals surface area contributed by atoms with E-state index in [1.54, 1.807) is 12.1 Å². The van der Waals surface area contributed by atoms with E-state index >= 15 is 0 Å². The number of carboxylic acids is 1. The third-order valence-corrected chi connectivity index (χ3v) is 3.72. The van der Waals surface area contributed by atoms with Crippen LogP contribution in [0.1, 0.15) is 29.8 Å². The zero-order valence-corrected chi connectivity index (χ0v) is 12.5. The van der Waals surface area contributed by atoms with Crippen molar-refractivity contribution >= 4 is 5.97 Å². The van der Waals surface area contributed by atoms with Crippen molar-refractivity contribution in [3.05, 3.63) is 59.7 Å². The Labute approximate surface area is 125 Å². The van der Waals surface area contributed by atoms with Crippen molar-refractivity contribution in [1.29, 1.82) is 0 Å². The second-order valence-corrected chi connectivity index (χ2v) is 5.01. The number of benzene rings is 2. The third kappa shape index (κ3) is 3.70. The van der Waals surface area contributed by atoms with Gasteiger partial charge in [-0.3, -0.25) is 4.90 Å². The first-order valence-corrected chi connectivity index (χ1v) is 7.29. The van der Waals surface area contributed by atoms with Crippen LogP contribution in [0, 0.1) is 0 Å². The molecule has 0 aliphatic rings. The van der Waals surface area contributed by atoms with Gasteiger partial charge in [-0.15, -0.1) is 0 Å². The first kappa shape index (κ1) is 15.3. The van der Waals surface area contributed by atoms with Gasteiger partial charge >= 0.3 is 5.97 Å². The van der Waals surface area contributed by atoms with Crippen molar-refractivity contribution in [2.45, 2.75) is 20.4 Å². The molecular weight excluding hydrogens is 262 g/mol. The molecule has 0 aliphatic heterocycles. The number of aromatic carboxylic acids is 1. The minimum atomic E-state index is -0.891. The Hall–Kier alpha value is -2.13. The van der Waals surface area contributed by atoms with Crippen molar-refractivity contribution in [2.24, 2.45) is 0 Å². The first-order valence-electron chi connectivity index (χ1n) is 7.29. The molecule has 2 aromatic rings. The molecule has 0 spiro atoms. The van der Waals surface area contributed by atoms with Crippen LogP contribution in [0.5, 0.6) is 0 Å². The number of rotatable bonds is 6. The normalized spacial score (nSPS) is 10.8. The summed E-state index contributed by atoms with van der Waals surface area (Å²) in [7, 11) is 0. The molecule has 3 nitrogen and oxygen atoms in total. The number of carbonyl (C=O) groups is 1. The lowest BCUT2D eigenvalue weighted by Gasteiger charge is -2.18. The van der Waals surface area contributed by atoms with Gasteiger partial charge in [0.2, 0.25) is 0 Å². The van der Waals surface area contributed by atoms with E-state index in [1.807, 2.05) is 24.3 Å². The maximum atomic E-state index is 11.3. The minimum absolute atomic E-state index is 0.342. The molecule has 2 aromatic carbocycles. The standard InChI is InChI=1S/C18H21NO2/c1-3-19(4-2)13-14-9-11-15(12-10-14)16-7-5-6-8-17(16)18(20)21/h5-12H,3-4,13H2,1-2H3,(H,20,21). The van der Waals surface area contributed by atoms with Gasteiger partial charge in [-0.25, -0.2) is 4.79 Å². The second-order valence-electron chi connectivity index (χ2n) is 5.01. The minimum Gasteiger partial charge on any atom is -0.478 e. The van der Waals surface area contributed by atoms with Gasteiger partial charge < -0.3 is 5.11 Å². The summed E-state index contributed by atoms with van der Waals surface area (Å²) in [6, 6.07) is 15.3. The molecule has 21 heavy (non-hydrogen) atoms. The summed E-state index contributed by atoms with van der Waals surface area (Å²) < 4.78 is 0. The van der Waals surface area contributed by atoms with E-state index in [2.05, 4.69) is 30.9 Å². The van der Waals surface area contributed by atoms with Crippen molar-refractivity contribution in [1.82, 2.24) is 4.90 Å². The molecule has 1 N–H and O–H groups in total. The monoisotopic (exact) mass is 283 g/mol. The summed E-state index contributed by atoms with van der Waals surface area (Å²) in [5.74, 6) is -0.891. The number of carboxylic acid groups (broad SMARTS) is 1. The summed E-state index contributed by atoms with van der Waals surface area (Å²) in [4.78, 5) is 13.6. The number of nitrogens with zero attached hydrogens (tertiary/aromatic N) is 1. The Kier molecular flexibility index (Phi) is 5.12. The van der Waals surface area contributed by atoms with Gasteiger partial charge in [-0.1, -0.05) is 56.3 Å². The summed E-state index contributed by atoms with van der Waals surface area (Å²) in [6.45, 7) is 7.29. The molecule has 0 amide bonds. The fourth-order valence-corrected chi connectivity index (χ4v) is 2.42. The Balaban J connectivity index is 2.25. The Morgan fingerprint density at radius 1 is 1.00 bits per heavy atom. The maximum absolute atomic E-state index is 11.3. The molecule has 2 rings (SSSR count). The second kappa shape index (κ2) is 7.04. The fraction of sp³-hybridized carbons (Fsp3) is 0.278. The van der Waals surface area contributed by atoms with Crippen LogP contribution in [0.15, 0.2) is 48.5 Å². The van der Waals surface area contributed by atoms with Crippen LogP contribution in [0.4, 0.5) is 0 Å². The van der Waals surface area contributed by atoms with Gasteiger partial charge in [-0.2, -0.15) is 0 Å². The van der Waals surface area contributed by atoms with Crippen molar-refractivity contribution < 1.29 is 9.90 Å². The Morgan fingerprint density at radius 3 is 2.19 bits per heavy atom. The molecule has 110 valence electrons. The number of hydrogen-bond acceptors (Lipinski definition) is 2. The molecule has 0 aliphatic carbocycles. The zero-order chi connectivity index (χ0) is 15.2. The van der Waals surface area contributed by atoms with Gasteiger partial charge in [0, 0.05) is 6.54 Å². The molecule has 0 saturated heterocycles. The predicted molar refractivity (Wildman–Crippen MR) is 85.5 cm³/mol. The van der Waals surface area contributed by atoms with Crippen LogP contribution in [0.3, 0.4) is 0 Å². The van der Waals surface area contributed by atoms with Gasteiger partial charge in [0.15, 0.2) is 0 Å². The Morgan fingerprint density at radius 2 is 1.62 bits per heavy atom. The smallest absolute Gasteiger partial charge is 0.336 e. The molecule has 0 heterocycles. The highest BCUT2D eigenvalue weighted by Crippen LogP contribution is 2.24. The van der Waals surface area contributed by atoms with Gasteiger partial charge in [0.25, 0.3) is 0 Å². The van der Waals surface area contributed by atoms with Crippen LogP contribution in [0.25, 0.3) is 11.1 Å². The van der Waals surface area contributed by atoms with Gasteiger partial charge in [-0.05, 0) is 35.8 Å².